The molecule has 0 bridgehead atoms. The average molecular weight is 391 g/mol. The lowest BCUT2D eigenvalue weighted by atomic mass is 10.1. The maximum atomic E-state index is 13.0. The standard InChI is InChI=1S/C14H7F6N5O2/c15-13(16,17)9-3-8(4-10(5-9)27-14(18,19)20)12-21-6-25(24-12)2-1-11-23-22-7-26-11/h1-7H/b2-1-. The third-order valence-electron chi connectivity index (χ3n) is 2.98. The van der Waals surface area contributed by atoms with Crippen molar-refractivity contribution in [2.24, 2.45) is 0 Å². The number of benzene rings is 1. The SMILES string of the molecule is FC(F)(F)Oc1cc(-c2ncn(/C=C\c3nnco3)n2)cc(C(F)(F)F)c1. The summed E-state index contributed by atoms with van der Waals surface area (Å²) in [6.45, 7) is 0. The van der Waals surface area contributed by atoms with Crippen LogP contribution in [0.5, 0.6) is 5.75 Å². The van der Waals surface area contributed by atoms with Gasteiger partial charge in [0.2, 0.25) is 12.3 Å². The summed E-state index contributed by atoms with van der Waals surface area (Å²) in [4.78, 5) is 3.78. The van der Waals surface area contributed by atoms with Crippen molar-refractivity contribution in [3.8, 4) is 17.1 Å². The van der Waals surface area contributed by atoms with Crippen LogP contribution in [0.2, 0.25) is 0 Å². The van der Waals surface area contributed by atoms with Gasteiger partial charge in [0, 0.05) is 17.8 Å². The predicted molar refractivity (Wildman–Crippen MR) is 76.7 cm³/mol. The van der Waals surface area contributed by atoms with Crippen LogP contribution in [0.25, 0.3) is 23.7 Å². The molecule has 0 radical (unpaired) electrons. The van der Waals surface area contributed by atoms with E-state index in [2.05, 4.69) is 25.0 Å². The molecule has 0 aliphatic rings. The molecule has 1 aromatic carbocycles. The fourth-order valence-electron chi connectivity index (χ4n) is 1.96. The summed E-state index contributed by atoms with van der Waals surface area (Å²) in [6.07, 6.45) is -5.17. The first-order valence-corrected chi connectivity index (χ1v) is 6.94. The van der Waals surface area contributed by atoms with Gasteiger partial charge in [-0.2, -0.15) is 13.2 Å². The number of ether oxygens (including phenoxy) is 1. The second-order valence-corrected chi connectivity index (χ2v) is 4.93. The molecule has 0 amide bonds. The third kappa shape index (κ3) is 4.83. The van der Waals surface area contributed by atoms with Crippen molar-refractivity contribution in [2.75, 3.05) is 0 Å². The summed E-state index contributed by atoms with van der Waals surface area (Å²) in [5.41, 5.74) is -1.65. The summed E-state index contributed by atoms with van der Waals surface area (Å²) < 4.78 is 85.6. The molecule has 0 aliphatic heterocycles. The molecule has 27 heavy (non-hydrogen) atoms. The molecule has 142 valence electrons. The molecule has 3 aromatic rings. The smallest absolute Gasteiger partial charge is 0.424 e. The number of rotatable bonds is 4. The quantitative estimate of drug-likeness (QED) is 0.629. The van der Waals surface area contributed by atoms with Crippen molar-refractivity contribution >= 4 is 12.3 Å². The van der Waals surface area contributed by atoms with Crippen LogP contribution in [0.3, 0.4) is 0 Å². The Morgan fingerprint density at radius 2 is 1.85 bits per heavy atom. The van der Waals surface area contributed by atoms with Crippen molar-refractivity contribution in [2.45, 2.75) is 12.5 Å². The topological polar surface area (TPSA) is 78.9 Å². The largest absolute Gasteiger partial charge is 0.573 e. The van der Waals surface area contributed by atoms with Gasteiger partial charge in [-0.25, -0.2) is 9.67 Å². The molecule has 0 N–H and O–H groups in total. The second kappa shape index (κ2) is 6.74. The van der Waals surface area contributed by atoms with Gasteiger partial charge in [-0.3, -0.25) is 0 Å². The van der Waals surface area contributed by atoms with Gasteiger partial charge in [-0.05, 0) is 18.2 Å². The number of alkyl halides is 6. The molecule has 0 saturated heterocycles. The fourth-order valence-corrected chi connectivity index (χ4v) is 1.96. The first kappa shape index (κ1) is 18.4. The van der Waals surface area contributed by atoms with Crippen molar-refractivity contribution in [3.63, 3.8) is 0 Å². The average Bonchev–Trinajstić information content (AvgIpc) is 3.22. The molecule has 0 spiro atoms. The summed E-state index contributed by atoms with van der Waals surface area (Å²) in [6, 6.07) is 1.61. The Kier molecular flexibility index (Phi) is 4.59. The summed E-state index contributed by atoms with van der Waals surface area (Å²) in [7, 11) is 0. The first-order chi connectivity index (χ1) is 12.6. The molecule has 7 nitrogen and oxygen atoms in total. The minimum absolute atomic E-state index is 0.131. The van der Waals surface area contributed by atoms with E-state index in [1.807, 2.05) is 0 Å². The van der Waals surface area contributed by atoms with Crippen LogP contribution in [-0.2, 0) is 6.18 Å². The van der Waals surface area contributed by atoms with E-state index in [9.17, 15) is 26.3 Å². The van der Waals surface area contributed by atoms with Gasteiger partial charge in [-0.1, -0.05) is 0 Å². The highest BCUT2D eigenvalue weighted by molar-refractivity contribution is 5.60. The lowest BCUT2D eigenvalue weighted by Crippen LogP contribution is -2.18. The highest BCUT2D eigenvalue weighted by Gasteiger charge is 2.35. The highest BCUT2D eigenvalue weighted by Crippen LogP contribution is 2.36. The Morgan fingerprint density at radius 3 is 2.48 bits per heavy atom. The molecule has 3 rings (SSSR count). The normalized spacial score (nSPS) is 12.7. The number of hydrogen-bond acceptors (Lipinski definition) is 6. The van der Waals surface area contributed by atoms with Gasteiger partial charge in [0.25, 0.3) is 0 Å². The van der Waals surface area contributed by atoms with E-state index in [1.54, 1.807) is 0 Å². The van der Waals surface area contributed by atoms with E-state index in [4.69, 9.17) is 4.42 Å². The summed E-state index contributed by atoms with van der Waals surface area (Å²) in [5.74, 6) is -1.15. The van der Waals surface area contributed by atoms with Gasteiger partial charge in [0.1, 0.15) is 12.1 Å². The van der Waals surface area contributed by atoms with Crippen LogP contribution in [-0.4, -0.2) is 31.3 Å². The monoisotopic (exact) mass is 391 g/mol. The Morgan fingerprint density at radius 1 is 1.07 bits per heavy atom. The highest BCUT2D eigenvalue weighted by atomic mass is 19.4. The molecular formula is C14H7F6N5O2. The van der Waals surface area contributed by atoms with Crippen molar-refractivity contribution in [1.82, 2.24) is 25.0 Å². The van der Waals surface area contributed by atoms with Crippen LogP contribution in [0.15, 0.2) is 35.3 Å². The van der Waals surface area contributed by atoms with E-state index in [0.29, 0.717) is 6.07 Å². The second-order valence-electron chi connectivity index (χ2n) is 4.93. The Balaban J connectivity index is 1.94. The van der Waals surface area contributed by atoms with E-state index in [-0.39, 0.29) is 23.3 Å². The van der Waals surface area contributed by atoms with Gasteiger partial charge in [0.05, 0.1) is 5.56 Å². The lowest BCUT2D eigenvalue weighted by molar-refractivity contribution is -0.274. The maximum Gasteiger partial charge on any atom is 0.573 e. The molecular weight excluding hydrogens is 384 g/mol. The van der Waals surface area contributed by atoms with Crippen LogP contribution < -0.4 is 4.74 Å². The molecule has 0 atom stereocenters. The molecule has 2 heterocycles. The summed E-state index contributed by atoms with van der Waals surface area (Å²) >= 11 is 0. The van der Waals surface area contributed by atoms with Gasteiger partial charge < -0.3 is 9.15 Å². The van der Waals surface area contributed by atoms with Gasteiger partial charge in [0.15, 0.2) is 5.82 Å². The van der Waals surface area contributed by atoms with Crippen LogP contribution in [0.1, 0.15) is 11.5 Å². The number of halogens is 6. The zero-order valence-corrected chi connectivity index (χ0v) is 12.9. The summed E-state index contributed by atoms with van der Waals surface area (Å²) in [5, 5.41) is 10.9. The zero-order valence-electron chi connectivity index (χ0n) is 12.9. The minimum atomic E-state index is -5.15. The lowest BCUT2D eigenvalue weighted by Gasteiger charge is -2.13. The maximum absolute atomic E-state index is 13.0. The molecule has 0 unspecified atom stereocenters. The minimum Gasteiger partial charge on any atom is -0.424 e. The third-order valence-corrected chi connectivity index (χ3v) is 2.98. The van der Waals surface area contributed by atoms with Crippen molar-refractivity contribution in [1.29, 1.82) is 0 Å². The van der Waals surface area contributed by atoms with Gasteiger partial charge >= 0.3 is 12.5 Å². The molecule has 13 heteroatoms. The molecule has 0 aliphatic carbocycles. The molecule has 2 aromatic heterocycles. The van der Waals surface area contributed by atoms with Gasteiger partial charge in [-0.15, -0.1) is 28.5 Å². The Bertz CT molecular complexity index is 946. The van der Waals surface area contributed by atoms with Crippen LogP contribution in [0.4, 0.5) is 26.3 Å². The molecule has 0 fully saturated rings. The first-order valence-electron chi connectivity index (χ1n) is 6.94. The number of aromatic nitrogens is 5. The van der Waals surface area contributed by atoms with E-state index >= 15 is 0 Å². The van der Waals surface area contributed by atoms with Crippen molar-refractivity contribution in [3.05, 3.63) is 42.4 Å². The van der Waals surface area contributed by atoms with E-state index in [1.165, 1.54) is 12.3 Å². The Hall–Kier alpha value is -3.38. The number of nitrogens with zero attached hydrogens (tertiary/aromatic N) is 5. The van der Waals surface area contributed by atoms with Crippen molar-refractivity contribution < 1.29 is 35.5 Å². The van der Waals surface area contributed by atoms with E-state index < -0.39 is 23.9 Å². The van der Waals surface area contributed by atoms with Crippen LogP contribution in [0, 0.1) is 0 Å². The Labute approximate surface area is 145 Å². The number of hydrogen-bond donors (Lipinski definition) is 0. The zero-order chi connectivity index (χ0) is 19.7. The predicted octanol–water partition coefficient (Wildman–Crippen LogP) is 3.87. The van der Waals surface area contributed by atoms with E-state index in [0.717, 1.165) is 23.5 Å². The van der Waals surface area contributed by atoms with Crippen LogP contribution >= 0.6 is 0 Å². The molecule has 0 saturated carbocycles. The fraction of sp³-hybridized carbons (Fsp3) is 0.143.